The second-order valence-corrected chi connectivity index (χ2v) is 7.49. The minimum atomic E-state index is -0.489. The van der Waals surface area contributed by atoms with E-state index in [1.54, 1.807) is 0 Å². The summed E-state index contributed by atoms with van der Waals surface area (Å²) in [7, 11) is 0. The van der Waals surface area contributed by atoms with Crippen LogP contribution in [0.4, 0.5) is 4.79 Å². The van der Waals surface area contributed by atoms with E-state index in [4.69, 9.17) is 9.47 Å². The van der Waals surface area contributed by atoms with Crippen molar-refractivity contribution in [3.05, 3.63) is 34.9 Å². The van der Waals surface area contributed by atoms with Crippen molar-refractivity contribution in [3.8, 4) is 0 Å². The molecule has 0 aliphatic heterocycles. The lowest BCUT2D eigenvalue weighted by Crippen LogP contribution is -2.41. The minimum Gasteiger partial charge on any atom is -0.466 e. The molecule has 1 aliphatic carbocycles. The van der Waals surface area contributed by atoms with Crippen LogP contribution in [0.15, 0.2) is 18.2 Å². The van der Waals surface area contributed by atoms with Crippen molar-refractivity contribution >= 4 is 12.1 Å². The normalized spacial score (nSPS) is 16.7. The molecule has 1 aliphatic rings. The molecule has 1 unspecified atom stereocenters. The zero-order valence-corrected chi connectivity index (χ0v) is 15.7. The average Bonchev–Trinajstić information content (AvgIpc) is 2.51. The van der Waals surface area contributed by atoms with Crippen LogP contribution in [0.3, 0.4) is 0 Å². The van der Waals surface area contributed by atoms with Gasteiger partial charge in [-0.25, -0.2) is 4.79 Å². The first-order valence-corrected chi connectivity index (χ1v) is 9.02. The van der Waals surface area contributed by atoms with Crippen LogP contribution in [0, 0.1) is 0 Å². The van der Waals surface area contributed by atoms with Crippen LogP contribution in [0.5, 0.6) is 0 Å². The summed E-state index contributed by atoms with van der Waals surface area (Å²) >= 11 is 0. The SMILES string of the molecule is CCOC(=O)CCc1ccc2c(c1)CC(NC(=O)OC(C)(C)C)CC2. The van der Waals surface area contributed by atoms with Gasteiger partial charge < -0.3 is 14.8 Å². The number of carbonyl (C=O) groups is 2. The quantitative estimate of drug-likeness (QED) is 0.827. The fraction of sp³-hybridized carbons (Fsp3) is 0.600. The number of fused-ring (bicyclic) bond motifs is 1. The van der Waals surface area contributed by atoms with Crippen molar-refractivity contribution < 1.29 is 19.1 Å². The standard InChI is InChI=1S/C20H29NO4/c1-5-24-18(22)11-7-14-6-8-15-9-10-17(13-16(15)12-14)21-19(23)25-20(2,3)4/h6,8,12,17H,5,7,9-11,13H2,1-4H3,(H,21,23). The maximum Gasteiger partial charge on any atom is 0.407 e. The summed E-state index contributed by atoms with van der Waals surface area (Å²) in [4.78, 5) is 23.5. The molecule has 0 bridgehead atoms. The highest BCUT2D eigenvalue weighted by atomic mass is 16.6. The van der Waals surface area contributed by atoms with E-state index in [-0.39, 0.29) is 18.1 Å². The number of esters is 1. The lowest BCUT2D eigenvalue weighted by molar-refractivity contribution is -0.143. The molecule has 0 fully saturated rings. The number of ether oxygens (including phenoxy) is 2. The number of amides is 1. The maximum absolute atomic E-state index is 12.0. The Bertz CT molecular complexity index is 619. The van der Waals surface area contributed by atoms with E-state index >= 15 is 0 Å². The maximum atomic E-state index is 12.0. The molecular weight excluding hydrogens is 318 g/mol. The third kappa shape index (κ3) is 6.40. The molecule has 0 saturated carbocycles. The second-order valence-electron chi connectivity index (χ2n) is 7.49. The van der Waals surface area contributed by atoms with Crippen molar-refractivity contribution in [2.24, 2.45) is 0 Å². The van der Waals surface area contributed by atoms with Crippen LogP contribution < -0.4 is 5.32 Å². The van der Waals surface area contributed by atoms with Gasteiger partial charge >= 0.3 is 12.1 Å². The predicted molar refractivity (Wildman–Crippen MR) is 96.6 cm³/mol. The van der Waals surface area contributed by atoms with Gasteiger partial charge in [-0.2, -0.15) is 0 Å². The van der Waals surface area contributed by atoms with Crippen molar-refractivity contribution in [1.82, 2.24) is 5.32 Å². The molecule has 0 saturated heterocycles. The first-order valence-electron chi connectivity index (χ1n) is 9.02. The highest BCUT2D eigenvalue weighted by Crippen LogP contribution is 2.23. The minimum absolute atomic E-state index is 0.0858. The number of aryl methyl sites for hydroxylation is 2. The topological polar surface area (TPSA) is 64.6 Å². The average molecular weight is 347 g/mol. The van der Waals surface area contributed by atoms with Gasteiger partial charge in [0.1, 0.15) is 5.60 Å². The van der Waals surface area contributed by atoms with Gasteiger partial charge in [0.05, 0.1) is 6.61 Å². The van der Waals surface area contributed by atoms with Gasteiger partial charge in [0.2, 0.25) is 0 Å². The Labute approximate surface area is 150 Å². The molecule has 1 amide bonds. The molecule has 25 heavy (non-hydrogen) atoms. The summed E-state index contributed by atoms with van der Waals surface area (Å²) in [6, 6.07) is 6.46. The molecular formula is C20H29NO4. The van der Waals surface area contributed by atoms with Gasteiger partial charge in [-0.05, 0) is 70.1 Å². The van der Waals surface area contributed by atoms with E-state index < -0.39 is 5.60 Å². The molecule has 5 nitrogen and oxygen atoms in total. The van der Waals surface area contributed by atoms with Crippen LogP contribution in [-0.2, 0) is 33.5 Å². The summed E-state index contributed by atoms with van der Waals surface area (Å²) in [5, 5.41) is 2.97. The predicted octanol–water partition coefficient (Wildman–Crippen LogP) is 3.56. The van der Waals surface area contributed by atoms with Gasteiger partial charge in [-0.3, -0.25) is 4.79 Å². The van der Waals surface area contributed by atoms with Crippen LogP contribution >= 0.6 is 0 Å². The third-order valence-electron chi connectivity index (χ3n) is 4.14. The fourth-order valence-corrected chi connectivity index (χ4v) is 3.04. The zero-order chi connectivity index (χ0) is 18.4. The Morgan fingerprint density at radius 2 is 2.00 bits per heavy atom. The van der Waals surface area contributed by atoms with Crippen molar-refractivity contribution in [2.45, 2.75) is 71.4 Å². The van der Waals surface area contributed by atoms with Gasteiger partial charge in [-0.1, -0.05) is 18.2 Å². The van der Waals surface area contributed by atoms with Crippen LogP contribution in [0.25, 0.3) is 0 Å². The van der Waals surface area contributed by atoms with E-state index in [9.17, 15) is 9.59 Å². The third-order valence-corrected chi connectivity index (χ3v) is 4.14. The number of hydrogen-bond acceptors (Lipinski definition) is 4. The molecule has 0 radical (unpaired) electrons. The Morgan fingerprint density at radius 3 is 2.68 bits per heavy atom. The number of alkyl carbamates (subject to hydrolysis) is 1. The number of nitrogens with one attached hydrogen (secondary N) is 1. The van der Waals surface area contributed by atoms with Crippen LogP contribution in [-0.4, -0.2) is 30.3 Å². The van der Waals surface area contributed by atoms with Crippen molar-refractivity contribution in [2.75, 3.05) is 6.61 Å². The molecule has 1 aromatic carbocycles. The smallest absolute Gasteiger partial charge is 0.407 e. The summed E-state index contributed by atoms with van der Waals surface area (Å²) in [6.07, 6.45) is 3.35. The molecule has 1 atom stereocenters. The van der Waals surface area contributed by atoms with Gasteiger partial charge in [-0.15, -0.1) is 0 Å². The Morgan fingerprint density at radius 1 is 1.24 bits per heavy atom. The lowest BCUT2D eigenvalue weighted by atomic mass is 9.86. The van der Waals surface area contributed by atoms with E-state index in [2.05, 4.69) is 23.5 Å². The first-order chi connectivity index (χ1) is 11.8. The van der Waals surface area contributed by atoms with Gasteiger partial charge in [0.25, 0.3) is 0 Å². The van der Waals surface area contributed by atoms with Crippen LogP contribution in [0.1, 0.15) is 57.2 Å². The fourth-order valence-electron chi connectivity index (χ4n) is 3.04. The number of carbonyl (C=O) groups excluding carboxylic acids is 2. The van der Waals surface area contributed by atoms with Crippen molar-refractivity contribution in [1.29, 1.82) is 0 Å². The Kier molecular flexibility index (Phi) is 6.45. The Balaban J connectivity index is 1.93. The summed E-state index contributed by atoms with van der Waals surface area (Å²) in [6.45, 7) is 7.81. The lowest BCUT2D eigenvalue weighted by Gasteiger charge is -2.27. The molecule has 0 spiro atoms. The Hall–Kier alpha value is -2.04. The van der Waals surface area contributed by atoms with Gasteiger partial charge in [0.15, 0.2) is 0 Å². The zero-order valence-electron chi connectivity index (χ0n) is 15.7. The molecule has 5 heteroatoms. The molecule has 1 N–H and O–H groups in total. The summed E-state index contributed by atoms with van der Waals surface area (Å²) < 4.78 is 10.3. The summed E-state index contributed by atoms with van der Waals surface area (Å²) in [5.41, 5.74) is 3.21. The van der Waals surface area contributed by atoms with Crippen LogP contribution in [0.2, 0.25) is 0 Å². The van der Waals surface area contributed by atoms with E-state index in [1.807, 2.05) is 27.7 Å². The summed E-state index contributed by atoms with van der Waals surface area (Å²) in [5.74, 6) is -0.162. The first kappa shape index (κ1) is 19.3. The molecule has 138 valence electrons. The van der Waals surface area contributed by atoms with E-state index in [0.717, 1.165) is 24.8 Å². The second kappa shape index (κ2) is 8.37. The molecule has 0 aromatic heterocycles. The monoisotopic (exact) mass is 347 g/mol. The molecule has 1 aromatic rings. The van der Waals surface area contributed by atoms with Gasteiger partial charge in [0, 0.05) is 12.5 Å². The van der Waals surface area contributed by atoms with E-state index in [0.29, 0.717) is 19.4 Å². The largest absolute Gasteiger partial charge is 0.466 e. The number of benzene rings is 1. The van der Waals surface area contributed by atoms with E-state index in [1.165, 1.54) is 11.1 Å². The molecule has 0 heterocycles. The highest BCUT2D eigenvalue weighted by molar-refractivity contribution is 5.69. The number of rotatable bonds is 5. The van der Waals surface area contributed by atoms with Crippen molar-refractivity contribution in [3.63, 3.8) is 0 Å². The molecule has 2 rings (SSSR count). The highest BCUT2D eigenvalue weighted by Gasteiger charge is 2.23. The number of hydrogen-bond donors (Lipinski definition) is 1.